The Kier molecular flexibility index (Phi) is 3.33. The average molecular weight is 277 g/mol. The Hall–Kier alpha value is -1.69. The summed E-state index contributed by atoms with van der Waals surface area (Å²) in [6.07, 6.45) is 1.78. The van der Waals surface area contributed by atoms with Gasteiger partial charge in [0.15, 0.2) is 5.82 Å². The van der Waals surface area contributed by atoms with E-state index in [0.717, 1.165) is 30.8 Å². The van der Waals surface area contributed by atoms with E-state index < -0.39 is 0 Å². The van der Waals surface area contributed by atoms with E-state index in [9.17, 15) is 4.79 Å². The van der Waals surface area contributed by atoms with Gasteiger partial charge in [0.1, 0.15) is 0 Å². The number of hydrogen-bond donors (Lipinski definition) is 0. The highest BCUT2D eigenvalue weighted by atomic mass is 32.1. The van der Waals surface area contributed by atoms with Crippen molar-refractivity contribution >= 4 is 17.2 Å². The summed E-state index contributed by atoms with van der Waals surface area (Å²) in [5.74, 6) is 1.80. The van der Waals surface area contributed by atoms with Crippen LogP contribution in [-0.2, 0) is 0 Å². The van der Waals surface area contributed by atoms with E-state index in [1.165, 1.54) is 11.3 Å². The van der Waals surface area contributed by atoms with Crippen LogP contribution in [0.3, 0.4) is 0 Å². The van der Waals surface area contributed by atoms with Crippen LogP contribution in [0.4, 0.5) is 0 Å². The molecule has 1 amide bonds. The number of nitrogens with zero attached hydrogens (tertiary/aromatic N) is 3. The van der Waals surface area contributed by atoms with Gasteiger partial charge in [-0.1, -0.05) is 11.2 Å². The fourth-order valence-electron chi connectivity index (χ4n) is 2.36. The van der Waals surface area contributed by atoms with Crippen molar-refractivity contribution in [3.63, 3.8) is 0 Å². The van der Waals surface area contributed by atoms with Gasteiger partial charge in [-0.2, -0.15) is 4.98 Å². The molecule has 0 aromatic carbocycles. The smallest absolute Gasteiger partial charge is 0.263 e. The minimum absolute atomic E-state index is 0.134. The van der Waals surface area contributed by atoms with Crippen LogP contribution in [0, 0.1) is 6.92 Å². The second kappa shape index (κ2) is 5.13. The molecule has 0 atom stereocenters. The first-order valence-corrected chi connectivity index (χ1v) is 7.25. The number of rotatable bonds is 2. The van der Waals surface area contributed by atoms with Crippen molar-refractivity contribution in [3.8, 4) is 0 Å². The van der Waals surface area contributed by atoms with Crippen LogP contribution in [0.2, 0.25) is 0 Å². The van der Waals surface area contributed by atoms with Crippen LogP contribution in [0.5, 0.6) is 0 Å². The van der Waals surface area contributed by atoms with E-state index in [4.69, 9.17) is 4.52 Å². The highest BCUT2D eigenvalue weighted by Crippen LogP contribution is 2.27. The van der Waals surface area contributed by atoms with Crippen molar-refractivity contribution < 1.29 is 9.32 Å². The summed E-state index contributed by atoms with van der Waals surface area (Å²) in [6.45, 7) is 3.33. The van der Waals surface area contributed by atoms with Gasteiger partial charge < -0.3 is 9.42 Å². The Morgan fingerprint density at radius 2 is 2.26 bits per heavy atom. The quantitative estimate of drug-likeness (QED) is 0.846. The second-order valence-electron chi connectivity index (χ2n) is 4.72. The number of piperidine rings is 1. The lowest BCUT2D eigenvalue weighted by Crippen LogP contribution is -2.37. The molecule has 19 heavy (non-hydrogen) atoms. The predicted octanol–water partition coefficient (Wildman–Crippen LogP) is 2.46. The standard InChI is InChI=1S/C13H15N3O2S/c1-9-14-12(18-15-9)10-4-6-16(7-5-10)13(17)11-3-2-8-19-11/h2-3,8,10H,4-7H2,1H3. The monoisotopic (exact) mass is 277 g/mol. The number of aryl methyl sites for hydroxylation is 1. The van der Waals surface area contributed by atoms with E-state index in [2.05, 4.69) is 10.1 Å². The van der Waals surface area contributed by atoms with Crippen molar-refractivity contribution in [2.45, 2.75) is 25.7 Å². The minimum Gasteiger partial charge on any atom is -0.339 e. The zero-order valence-corrected chi connectivity index (χ0v) is 11.5. The first kappa shape index (κ1) is 12.3. The molecule has 1 aliphatic heterocycles. The molecule has 3 heterocycles. The molecule has 0 N–H and O–H groups in total. The van der Waals surface area contributed by atoms with E-state index in [1.807, 2.05) is 29.3 Å². The van der Waals surface area contributed by atoms with Gasteiger partial charge in [0, 0.05) is 19.0 Å². The van der Waals surface area contributed by atoms with Gasteiger partial charge >= 0.3 is 0 Å². The first-order valence-electron chi connectivity index (χ1n) is 6.37. The first-order chi connectivity index (χ1) is 9.24. The zero-order chi connectivity index (χ0) is 13.2. The lowest BCUT2D eigenvalue weighted by atomic mass is 9.96. The van der Waals surface area contributed by atoms with Gasteiger partial charge in [0.25, 0.3) is 5.91 Å². The molecule has 1 aliphatic rings. The Morgan fingerprint density at radius 3 is 2.84 bits per heavy atom. The molecule has 3 rings (SSSR count). The van der Waals surface area contributed by atoms with Crippen molar-refractivity contribution in [2.75, 3.05) is 13.1 Å². The molecule has 0 radical (unpaired) electrons. The fraction of sp³-hybridized carbons (Fsp3) is 0.462. The van der Waals surface area contributed by atoms with E-state index in [-0.39, 0.29) is 11.8 Å². The largest absolute Gasteiger partial charge is 0.339 e. The lowest BCUT2D eigenvalue weighted by Gasteiger charge is -2.30. The average Bonchev–Trinajstić information content (AvgIpc) is 3.09. The highest BCUT2D eigenvalue weighted by Gasteiger charge is 2.27. The zero-order valence-electron chi connectivity index (χ0n) is 10.7. The molecular weight excluding hydrogens is 262 g/mol. The van der Waals surface area contributed by atoms with Gasteiger partial charge in [-0.05, 0) is 31.2 Å². The summed E-state index contributed by atoms with van der Waals surface area (Å²) in [6, 6.07) is 3.78. The molecule has 100 valence electrons. The molecule has 0 saturated carbocycles. The van der Waals surface area contributed by atoms with Crippen molar-refractivity contribution in [3.05, 3.63) is 34.1 Å². The minimum atomic E-state index is 0.134. The molecule has 0 unspecified atom stereocenters. The molecule has 1 fully saturated rings. The Morgan fingerprint density at radius 1 is 1.47 bits per heavy atom. The second-order valence-corrected chi connectivity index (χ2v) is 5.67. The van der Waals surface area contributed by atoms with Gasteiger partial charge in [-0.3, -0.25) is 4.79 Å². The van der Waals surface area contributed by atoms with Crippen LogP contribution >= 0.6 is 11.3 Å². The van der Waals surface area contributed by atoms with Crippen LogP contribution in [-0.4, -0.2) is 34.0 Å². The predicted molar refractivity (Wildman–Crippen MR) is 71.2 cm³/mol. The molecule has 1 saturated heterocycles. The van der Waals surface area contributed by atoms with Crippen molar-refractivity contribution in [1.29, 1.82) is 0 Å². The molecule has 2 aromatic rings. The normalized spacial score (nSPS) is 16.8. The number of carbonyl (C=O) groups is 1. The maximum atomic E-state index is 12.2. The third-order valence-corrected chi connectivity index (χ3v) is 4.26. The van der Waals surface area contributed by atoms with Crippen LogP contribution in [0.15, 0.2) is 22.0 Å². The number of amides is 1. The number of likely N-dealkylation sites (tertiary alicyclic amines) is 1. The Bertz CT molecular complexity index is 556. The summed E-state index contributed by atoms with van der Waals surface area (Å²) < 4.78 is 5.21. The molecule has 5 nitrogen and oxygen atoms in total. The summed E-state index contributed by atoms with van der Waals surface area (Å²) in [5, 5.41) is 5.75. The summed E-state index contributed by atoms with van der Waals surface area (Å²) in [5.41, 5.74) is 0. The number of carbonyl (C=O) groups excluding carboxylic acids is 1. The van der Waals surface area contributed by atoms with Crippen molar-refractivity contribution in [2.24, 2.45) is 0 Å². The summed E-state index contributed by atoms with van der Waals surface area (Å²) >= 11 is 1.49. The Balaban J connectivity index is 1.62. The molecule has 0 spiro atoms. The number of hydrogen-bond acceptors (Lipinski definition) is 5. The molecule has 6 heteroatoms. The molecule has 0 bridgehead atoms. The van der Waals surface area contributed by atoms with Gasteiger partial charge in [-0.25, -0.2) is 0 Å². The number of thiophene rings is 1. The lowest BCUT2D eigenvalue weighted by molar-refractivity contribution is 0.0709. The SMILES string of the molecule is Cc1noc(C2CCN(C(=O)c3cccs3)CC2)n1. The molecular formula is C13H15N3O2S. The van der Waals surface area contributed by atoms with E-state index in [1.54, 1.807) is 0 Å². The Labute approximate surface area is 115 Å². The maximum Gasteiger partial charge on any atom is 0.263 e. The van der Waals surface area contributed by atoms with Crippen LogP contribution < -0.4 is 0 Å². The van der Waals surface area contributed by atoms with E-state index in [0.29, 0.717) is 11.7 Å². The van der Waals surface area contributed by atoms with Gasteiger partial charge in [0.05, 0.1) is 4.88 Å². The third-order valence-electron chi connectivity index (χ3n) is 3.41. The van der Waals surface area contributed by atoms with Crippen molar-refractivity contribution in [1.82, 2.24) is 15.0 Å². The van der Waals surface area contributed by atoms with Gasteiger partial charge in [-0.15, -0.1) is 11.3 Å². The van der Waals surface area contributed by atoms with Gasteiger partial charge in [0.2, 0.25) is 5.89 Å². The highest BCUT2D eigenvalue weighted by molar-refractivity contribution is 7.12. The fourth-order valence-corrected chi connectivity index (χ4v) is 3.06. The van der Waals surface area contributed by atoms with Crippen LogP contribution in [0.25, 0.3) is 0 Å². The summed E-state index contributed by atoms with van der Waals surface area (Å²) in [7, 11) is 0. The molecule has 2 aromatic heterocycles. The maximum absolute atomic E-state index is 12.2. The molecule has 0 aliphatic carbocycles. The topological polar surface area (TPSA) is 59.2 Å². The van der Waals surface area contributed by atoms with E-state index >= 15 is 0 Å². The summed E-state index contributed by atoms with van der Waals surface area (Å²) in [4.78, 5) is 19.2. The number of aromatic nitrogens is 2. The van der Waals surface area contributed by atoms with Crippen LogP contribution in [0.1, 0.15) is 40.1 Å². The third kappa shape index (κ3) is 2.53.